The van der Waals surface area contributed by atoms with Gasteiger partial charge in [-0.1, -0.05) is 11.6 Å². The second-order valence-corrected chi connectivity index (χ2v) is 4.20. The maximum Gasteiger partial charge on any atom is 0.337 e. The molecule has 0 aliphatic carbocycles. The van der Waals surface area contributed by atoms with Crippen LogP contribution in [0.25, 0.3) is 10.1 Å². The average molecular weight is 243 g/mol. The molecule has 78 valence electrons. The molecule has 0 fully saturated rings. The van der Waals surface area contributed by atoms with E-state index in [9.17, 15) is 4.79 Å². The molecule has 0 bridgehead atoms. The van der Waals surface area contributed by atoms with Crippen molar-refractivity contribution < 1.29 is 14.6 Å². The molecule has 0 saturated carbocycles. The van der Waals surface area contributed by atoms with Crippen molar-refractivity contribution in [1.82, 2.24) is 0 Å². The molecule has 15 heavy (non-hydrogen) atoms. The van der Waals surface area contributed by atoms with Crippen molar-refractivity contribution in [2.75, 3.05) is 7.11 Å². The van der Waals surface area contributed by atoms with Crippen molar-refractivity contribution in [2.24, 2.45) is 0 Å². The Kier molecular flexibility index (Phi) is 2.54. The largest absolute Gasteiger partial charge is 0.495 e. The van der Waals surface area contributed by atoms with E-state index in [1.807, 2.05) is 0 Å². The number of hydrogen-bond acceptors (Lipinski definition) is 3. The van der Waals surface area contributed by atoms with Crippen LogP contribution in [0.5, 0.6) is 5.75 Å². The SMILES string of the molecule is COc1csc2c(C(=O)O)ccc(Cl)c12. The molecule has 3 nitrogen and oxygen atoms in total. The Labute approximate surface area is 94.9 Å². The number of halogens is 1. The summed E-state index contributed by atoms with van der Waals surface area (Å²) in [7, 11) is 1.53. The van der Waals surface area contributed by atoms with E-state index in [1.54, 1.807) is 11.4 Å². The fourth-order valence-corrected chi connectivity index (χ4v) is 2.76. The highest BCUT2D eigenvalue weighted by Crippen LogP contribution is 2.39. The van der Waals surface area contributed by atoms with E-state index in [1.165, 1.54) is 24.5 Å². The van der Waals surface area contributed by atoms with Crippen LogP contribution >= 0.6 is 22.9 Å². The quantitative estimate of drug-likeness (QED) is 0.879. The van der Waals surface area contributed by atoms with Gasteiger partial charge in [0.15, 0.2) is 0 Å². The lowest BCUT2D eigenvalue weighted by atomic mass is 10.1. The fraction of sp³-hybridized carbons (Fsp3) is 0.100. The maximum atomic E-state index is 10.9. The van der Waals surface area contributed by atoms with E-state index >= 15 is 0 Å². The Morgan fingerprint density at radius 1 is 1.53 bits per heavy atom. The first kappa shape index (κ1) is 10.3. The van der Waals surface area contributed by atoms with Crippen LogP contribution < -0.4 is 4.74 Å². The summed E-state index contributed by atoms with van der Waals surface area (Å²) in [5, 5.41) is 11.9. The molecule has 1 heterocycles. The molecule has 2 aromatic rings. The minimum absolute atomic E-state index is 0.253. The predicted octanol–water partition coefficient (Wildman–Crippen LogP) is 3.26. The summed E-state index contributed by atoms with van der Waals surface area (Å²) >= 11 is 7.31. The van der Waals surface area contributed by atoms with Crippen molar-refractivity contribution >= 4 is 39.0 Å². The number of carbonyl (C=O) groups is 1. The molecule has 5 heteroatoms. The molecular formula is C10H7ClO3S. The van der Waals surface area contributed by atoms with Gasteiger partial charge < -0.3 is 9.84 Å². The minimum Gasteiger partial charge on any atom is -0.495 e. The Bertz CT molecular complexity index is 533. The summed E-state index contributed by atoms with van der Waals surface area (Å²) in [5.41, 5.74) is 0.253. The first-order valence-corrected chi connectivity index (χ1v) is 5.38. The third kappa shape index (κ3) is 1.56. The monoisotopic (exact) mass is 242 g/mol. The number of thiophene rings is 1. The maximum absolute atomic E-state index is 10.9. The number of rotatable bonds is 2. The van der Waals surface area contributed by atoms with Crippen LogP contribution in [0.1, 0.15) is 10.4 Å². The molecule has 0 spiro atoms. The first-order valence-electron chi connectivity index (χ1n) is 4.12. The Hall–Kier alpha value is -1.26. The van der Waals surface area contributed by atoms with Gasteiger partial charge in [-0.05, 0) is 12.1 Å². The lowest BCUT2D eigenvalue weighted by molar-refractivity contribution is 0.0699. The number of hydrogen-bond donors (Lipinski definition) is 1. The Morgan fingerprint density at radius 3 is 2.87 bits per heavy atom. The third-order valence-corrected chi connectivity index (χ3v) is 3.39. The van der Waals surface area contributed by atoms with E-state index < -0.39 is 5.97 Å². The molecule has 0 aliphatic rings. The number of aromatic carboxylic acids is 1. The number of carboxylic acids is 1. The number of benzene rings is 1. The first-order chi connectivity index (χ1) is 7.15. The van der Waals surface area contributed by atoms with Crippen LogP contribution in [0.4, 0.5) is 0 Å². The van der Waals surface area contributed by atoms with E-state index in [4.69, 9.17) is 21.4 Å². The number of methoxy groups -OCH3 is 1. The second-order valence-electron chi connectivity index (χ2n) is 2.91. The van der Waals surface area contributed by atoms with Gasteiger partial charge in [-0.15, -0.1) is 11.3 Å². The van der Waals surface area contributed by atoms with Crippen LogP contribution in [0.3, 0.4) is 0 Å². The summed E-state index contributed by atoms with van der Waals surface area (Å²) in [4.78, 5) is 10.9. The zero-order valence-corrected chi connectivity index (χ0v) is 9.35. The van der Waals surface area contributed by atoms with Gasteiger partial charge in [-0.3, -0.25) is 0 Å². The zero-order chi connectivity index (χ0) is 11.0. The van der Waals surface area contributed by atoms with Gasteiger partial charge in [0.1, 0.15) is 5.75 Å². The average Bonchev–Trinajstić information content (AvgIpc) is 2.62. The van der Waals surface area contributed by atoms with Crippen molar-refractivity contribution in [1.29, 1.82) is 0 Å². The Balaban J connectivity index is 2.84. The molecule has 0 radical (unpaired) electrons. The van der Waals surface area contributed by atoms with Crippen LogP contribution in [-0.2, 0) is 0 Å². The molecule has 0 aliphatic heterocycles. The van der Waals surface area contributed by atoms with Crippen LogP contribution in [0.2, 0.25) is 5.02 Å². The summed E-state index contributed by atoms with van der Waals surface area (Å²) < 4.78 is 5.76. The number of ether oxygens (including phenoxy) is 1. The molecule has 1 aromatic carbocycles. The highest BCUT2D eigenvalue weighted by atomic mass is 35.5. The highest BCUT2D eigenvalue weighted by molar-refractivity contribution is 7.18. The standard InChI is InChI=1S/C10H7ClO3S/c1-14-7-4-15-9-5(10(12)13)2-3-6(11)8(7)9/h2-4H,1H3,(H,12,13). The topological polar surface area (TPSA) is 46.5 Å². The normalized spacial score (nSPS) is 10.5. The second kappa shape index (κ2) is 3.72. The molecule has 0 saturated heterocycles. The third-order valence-electron chi connectivity index (χ3n) is 2.09. The summed E-state index contributed by atoms with van der Waals surface area (Å²) in [6.45, 7) is 0. The summed E-state index contributed by atoms with van der Waals surface area (Å²) in [5.74, 6) is -0.343. The van der Waals surface area contributed by atoms with Gasteiger partial charge in [-0.25, -0.2) is 4.79 Å². The van der Waals surface area contributed by atoms with Crippen molar-refractivity contribution in [2.45, 2.75) is 0 Å². The van der Waals surface area contributed by atoms with Crippen molar-refractivity contribution in [3.8, 4) is 5.75 Å². The van der Waals surface area contributed by atoms with Crippen molar-refractivity contribution in [3.05, 3.63) is 28.1 Å². The summed E-state index contributed by atoms with van der Waals surface area (Å²) in [6.07, 6.45) is 0. The highest BCUT2D eigenvalue weighted by Gasteiger charge is 2.15. The van der Waals surface area contributed by atoms with Gasteiger partial charge >= 0.3 is 5.97 Å². The summed E-state index contributed by atoms with van der Waals surface area (Å²) in [6, 6.07) is 3.07. The van der Waals surface area contributed by atoms with E-state index in [2.05, 4.69) is 0 Å². The molecule has 1 N–H and O–H groups in total. The smallest absolute Gasteiger partial charge is 0.337 e. The van der Waals surface area contributed by atoms with Gasteiger partial charge in [0.05, 0.1) is 27.8 Å². The molecule has 0 amide bonds. The van der Waals surface area contributed by atoms with Gasteiger partial charge in [0.25, 0.3) is 0 Å². The van der Waals surface area contributed by atoms with Crippen LogP contribution in [0, 0.1) is 0 Å². The minimum atomic E-state index is -0.957. The fourth-order valence-electron chi connectivity index (χ4n) is 1.40. The molecular weight excluding hydrogens is 236 g/mol. The molecule has 0 unspecified atom stereocenters. The number of carboxylic acid groups (broad SMARTS) is 1. The lowest BCUT2D eigenvalue weighted by Gasteiger charge is -2.01. The van der Waals surface area contributed by atoms with E-state index in [0.29, 0.717) is 20.9 Å². The van der Waals surface area contributed by atoms with Crippen LogP contribution in [0.15, 0.2) is 17.5 Å². The number of fused-ring (bicyclic) bond motifs is 1. The van der Waals surface area contributed by atoms with E-state index in [0.717, 1.165) is 0 Å². The van der Waals surface area contributed by atoms with Gasteiger partial charge in [0, 0.05) is 5.38 Å². The van der Waals surface area contributed by atoms with E-state index in [-0.39, 0.29) is 5.56 Å². The van der Waals surface area contributed by atoms with Gasteiger partial charge in [0.2, 0.25) is 0 Å². The van der Waals surface area contributed by atoms with Gasteiger partial charge in [-0.2, -0.15) is 0 Å². The Morgan fingerprint density at radius 2 is 2.27 bits per heavy atom. The zero-order valence-electron chi connectivity index (χ0n) is 7.78. The molecule has 2 rings (SSSR count). The van der Waals surface area contributed by atoms with Crippen molar-refractivity contribution in [3.63, 3.8) is 0 Å². The van der Waals surface area contributed by atoms with Crippen LogP contribution in [-0.4, -0.2) is 18.2 Å². The predicted molar refractivity (Wildman–Crippen MR) is 60.3 cm³/mol. The lowest BCUT2D eigenvalue weighted by Crippen LogP contribution is -1.95. The molecule has 1 aromatic heterocycles. The molecule has 0 atom stereocenters.